The monoisotopic (exact) mass is 254 g/mol. The third-order valence-corrected chi connectivity index (χ3v) is 2.82. The summed E-state index contributed by atoms with van der Waals surface area (Å²) < 4.78 is 0.982. The van der Waals surface area contributed by atoms with E-state index in [9.17, 15) is 0 Å². The Morgan fingerprint density at radius 1 is 1.57 bits per heavy atom. The smallest absolute Gasteiger partial charge is 0.191 e. The van der Waals surface area contributed by atoms with Gasteiger partial charge in [0.1, 0.15) is 0 Å². The number of likely N-dealkylation sites (N-methyl/N-ethyl adjacent to an activating group) is 1. The number of hydrogen-bond donors (Lipinski definition) is 1. The Hall–Kier alpha value is -1.10. The van der Waals surface area contributed by atoms with Gasteiger partial charge >= 0.3 is 0 Å². The van der Waals surface area contributed by atoms with Gasteiger partial charge in [0.05, 0.1) is 18.3 Å². The Labute approximate surface area is 91.0 Å². The number of rotatable bonds is 1. The molecule has 0 aliphatic carbocycles. The lowest BCUT2D eigenvalue weighted by molar-refractivity contribution is 0.405. The summed E-state index contributed by atoms with van der Waals surface area (Å²) in [6.07, 6.45) is 1.79. The highest BCUT2D eigenvalue weighted by atomic mass is 79.9. The second kappa shape index (κ2) is 3.57. The van der Waals surface area contributed by atoms with Gasteiger partial charge in [0.2, 0.25) is 0 Å². The Morgan fingerprint density at radius 2 is 2.36 bits per heavy atom. The summed E-state index contributed by atoms with van der Waals surface area (Å²) in [5, 5.41) is 0. The van der Waals surface area contributed by atoms with Gasteiger partial charge in [0, 0.05) is 17.7 Å². The number of nitrogens with two attached hydrogens (primary N) is 1. The van der Waals surface area contributed by atoms with Crippen LogP contribution in [-0.4, -0.2) is 29.4 Å². The molecule has 4 nitrogen and oxygen atoms in total. The van der Waals surface area contributed by atoms with E-state index in [1.807, 2.05) is 24.1 Å². The average molecular weight is 255 g/mol. The van der Waals surface area contributed by atoms with E-state index < -0.39 is 0 Å². The van der Waals surface area contributed by atoms with Crippen LogP contribution in [0.4, 0.5) is 0 Å². The fourth-order valence-electron chi connectivity index (χ4n) is 1.45. The SMILES string of the molecule is CN1C(N)=NCC1c1ccc(Br)cn1. The number of nitrogens with zero attached hydrogens (tertiary/aromatic N) is 3. The molecular weight excluding hydrogens is 244 g/mol. The highest BCUT2D eigenvalue weighted by Crippen LogP contribution is 2.22. The predicted octanol–water partition coefficient (Wildman–Crippen LogP) is 1.15. The molecule has 0 radical (unpaired) electrons. The van der Waals surface area contributed by atoms with Crippen molar-refractivity contribution < 1.29 is 0 Å². The number of hydrogen-bond acceptors (Lipinski definition) is 4. The second-order valence-electron chi connectivity index (χ2n) is 3.23. The van der Waals surface area contributed by atoms with E-state index in [1.165, 1.54) is 0 Å². The molecule has 0 amide bonds. The number of guanidine groups is 1. The maximum atomic E-state index is 5.67. The molecule has 1 aliphatic heterocycles. The first-order valence-electron chi connectivity index (χ1n) is 4.32. The van der Waals surface area contributed by atoms with Crippen LogP contribution in [0.2, 0.25) is 0 Å². The number of aliphatic imine (C=N–C) groups is 1. The van der Waals surface area contributed by atoms with Crippen molar-refractivity contribution in [2.45, 2.75) is 6.04 Å². The number of pyridine rings is 1. The summed E-state index contributed by atoms with van der Waals surface area (Å²) in [6.45, 7) is 0.691. The standard InChI is InChI=1S/C9H11BrN4/c1-14-8(5-13-9(14)11)7-3-2-6(10)4-12-7/h2-4,8H,5H2,1H3,(H2,11,13). The minimum atomic E-state index is 0.183. The van der Waals surface area contributed by atoms with Crippen LogP contribution in [0.1, 0.15) is 11.7 Å². The molecule has 1 atom stereocenters. The molecular formula is C9H11BrN4. The van der Waals surface area contributed by atoms with E-state index in [2.05, 4.69) is 25.9 Å². The zero-order valence-corrected chi connectivity index (χ0v) is 9.40. The van der Waals surface area contributed by atoms with Crippen LogP contribution in [0.15, 0.2) is 27.8 Å². The van der Waals surface area contributed by atoms with Crippen molar-refractivity contribution in [3.05, 3.63) is 28.5 Å². The van der Waals surface area contributed by atoms with Crippen LogP contribution in [0, 0.1) is 0 Å². The third kappa shape index (κ3) is 1.59. The molecule has 0 bridgehead atoms. The molecule has 0 aromatic carbocycles. The fourth-order valence-corrected chi connectivity index (χ4v) is 1.68. The van der Waals surface area contributed by atoms with E-state index in [0.717, 1.165) is 10.2 Å². The van der Waals surface area contributed by atoms with Gasteiger partial charge in [-0.1, -0.05) is 0 Å². The molecule has 1 aromatic rings. The first kappa shape index (κ1) is 9.45. The maximum absolute atomic E-state index is 5.67. The predicted molar refractivity (Wildman–Crippen MR) is 58.9 cm³/mol. The van der Waals surface area contributed by atoms with Crippen molar-refractivity contribution in [1.29, 1.82) is 0 Å². The molecule has 1 unspecified atom stereocenters. The summed E-state index contributed by atoms with van der Waals surface area (Å²) in [7, 11) is 1.93. The molecule has 0 fully saturated rings. The van der Waals surface area contributed by atoms with Gasteiger partial charge in [-0.15, -0.1) is 0 Å². The van der Waals surface area contributed by atoms with Crippen molar-refractivity contribution in [1.82, 2.24) is 9.88 Å². The molecule has 5 heteroatoms. The van der Waals surface area contributed by atoms with Gasteiger partial charge in [0.15, 0.2) is 5.96 Å². The molecule has 1 aromatic heterocycles. The van der Waals surface area contributed by atoms with E-state index in [1.54, 1.807) is 6.20 Å². The summed E-state index contributed by atoms with van der Waals surface area (Å²) in [6, 6.07) is 4.15. The largest absolute Gasteiger partial charge is 0.370 e. The second-order valence-corrected chi connectivity index (χ2v) is 4.14. The lowest BCUT2D eigenvalue weighted by atomic mass is 10.2. The van der Waals surface area contributed by atoms with Gasteiger partial charge in [-0.25, -0.2) is 0 Å². The Kier molecular flexibility index (Phi) is 2.41. The van der Waals surface area contributed by atoms with Crippen molar-refractivity contribution in [2.24, 2.45) is 10.7 Å². The van der Waals surface area contributed by atoms with Crippen molar-refractivity contribution in [3.8, 4) is 0 Å². The summed E-state index contributed by atoms with van der Waals surface area (Å²) in [5.74, 6) is 0.583. The van der Waals surface area contributed by atoms with Gasteiger partial charge in [0.25, 0.3) is 0 Å². The van der Waals surface area contributed by atoms with Gasteiger partial charge in [-0.2, -0.15) is 0 Å². The average Bonchev–Trinajstić information content (AvgIpc) is 2.50. The Morgan fingerprint density at radius 3 is 2.86 bits per heavy atom. The van der Waals surface area contributed by atoms with Crippen molar-refractivity contribution in [2.75, 3.05) is 13.6 Å². The van der Waals surface area contributed by atoms with E-state index in [-0.39, 0.29) is 6.04 Å². The van der Waals surface area contributed by atoms with E-state index >= 15 is 0 Å². The molecule has 0 saturated heterocycles. The van der Waals surface area contributed by atoms with Gasteiger partial charge in [-0.05, 0) is 28.1 Å². The molecule has 2 heterocycles. The fraction of sp³-hybridized carbons (Fsp3) is 0.333. The van der Waals surface area contributed by atoms with E-state index in [0.29, 0.717) is 12.5 Å². The highest BCUT2D eigenvalue weighted by Gasteiger charge is 2.24. The summed E-state index contributed by atoms with van der Waals surface area (Å²) in [4.78, 5) is 10.4. The van der Waals surface area contributed by atoms with Crippen LogP contribution in [-0.2, 0) is 0 Å². The van der Waals surface area contributed by atoms with Gasteiger partial charge < -0.3 is 10.6 Å². The van der Waals surface area contributed by atoms with E-state index in [4.69, 9.17) is 5.73 Å². The summed E-state index contributed by atoms with van der Waals surface area (Å²) >= 11 is 3.35. The molecule has 0 saturated carbocycles. The normalized spacial score (nSPS) is 21.1. The third-order valence-electron chi connectivity index (χ3n) is 2.35. The van der Waals surface area contributed by atoms with Crippen LogP contribution in [0.5, 0.6) is 0 Å². The van der Waals surface area contributed by atoms with Crippen LogP contribution < -0.4 is 5.73 Å². The van der Waals surface area contributed by atoms with Crippen LogP contribution >= 0.6 is 15.9 Å². The molecule has 74 valence electrons. The maximum Gasteiger partial charge on any atom is 0.191 e. The quantitative estimate of drug-likeness (QED) is 0.818. The number of aromatic nitrogens is 1. The first-order chi connectivity index (χ1) is 6.68. The minimum Gasteiger partial charge on any atom is -0.370 e. The number of halogens is 1. The zero-order valence-electron chi connectivity index (χ0n) is 7.81. The molecule has 2 N–H and O–H groups in total. The molecule has 0 spiro atoms. The molecule has 1 aliphatic rings. The lowest BCUT2D eigenvalue weighted by Gasteiger charge is -2.20. The molecule has 2 rings (SSSR count). The zero-order chi connectivity index (χ0) is 10.1. The van der Waals surface area contributed by atoms with Gasteiger partial charge in [-0.3, -0.25) is 9.98 Å². The van der Waals surface area contributed by atoms with Crippen LogP contribution in [0.3, 0.4) is 0 Å². The minimum absolute atomic E-state index is 0.183. The topological polar surface area (TPSA) is 54.5 Å². The lowest BCUT2D eigenvalue weighted by Crippen LogP contribution is -2.32. The Bertz CT molecular complexity index is 360. The first-order valence-corrected chi connectivity index (χ1v) is 5.12. The highest BCUT2D eigenvalue weighted by molar-refractivity contribution is 9.10. The molecule has 14 heavy (non-hydrogen) atoms. The van der Waals surface area contributed by atoms with Crippen molar-refractivity contribution in [3.63, 3.8) is 0 Å². The Balaban J connectivity index is 2.22. The van der Waals surface area contributed by atoms with Crippen molar-refractivity contribution >= 4 is 21.9 Å². The van der Waals surface area contributed by atoms with Crippen LogP contribution in [0.25, 0.3) is 0 Å². The summed E-state index contributed by atoms with van der Waals surface area (Å²) in [5.41, 5.74) is 6.67.